The fraction of sp³-hybridized carbons (Fsp3) is 0.941. The van der Waals surface area contributed by atoms with Gasteiger partial charge in [-0.15, -0.1) is 0 Å². The van der Waals surface area contributed by atoms with Gasteiger partial charge in [-0.3, -0.25) is 4.21 Å². The van der Waals surface area contributed by atoms with Crippen LogP contribution in [0.4, 0.5) is 0 Å². The Kier molecular flexibility index (Phi) is 23.7. The lowest BCUT2D eigenvalue weighted by Gasteiger charge is -2.18. The van der Waals surface area contributed by atoms with Gasteiger partial charge in [-0.05, 0) is 41.3 Å². The smallest absolute Gasteiger partial charge is 0.0153 e. The Morgan fingerprint density at radius 1 is 1.10 bits per heavy atom. The van der Waals surface area contributed by atoms with E-state index in [0.717, 1.165) is 24.6 Å². The van der Waals surface area contributed by atoms with Gasteiger partial charge >= 0.3 is 0 Å². The maximum absolute atomic E-state index is 10.7. The summed E-state index contributed by atoms with van der Waals surface area (Å²) < 4.78 is 10.7. The lowest BCUT2D eigenvalue weighted by Crippen LogP contribution is -2.04. The van der Waals surface area contributed by atoms with E-state index in [2.05, 4.69) is 38.9 Å². The summed E-state index contributed by atoms with van der Waals surface area (Å²) in [6.07, 6.45) is 9.76. The first kappa shape index (κ1) is 25.0. The maximum Gasteiger partial charge on any atom is 0.0153 e. The number of nitrogens with one attached hydrogen (secondary N) is 1. The van der Waals surface area contributed by atoms with Crippen molar-refractivity contribution in [2.45, 2.75) is 73.1 Å². The molecular weight excluding hydrogens is 266 g/mol. The summed E-state index contributed by atoms with van der Waals surface area (Å²) in [4.78, 5) is 0. The highest BCUT2D eigenvalue weighted by Gasteiger charge is 2.09. The molecule has 0 aliphatic heterocycles. The van der Waals surface area contributed by atoms with Gasteiger partial charge in [-0.1, -0.05) is 66.7 Å². The average molecular weight is 308 g/mol. The Balaban J connectivity index is -0.000000199. The summed E-state index contributed by atoms with van der Waals surface area (Å²) in [6.45, 7) is 11.8. The number of hydrogen-bond acceptors (Lipinski definition) is 2. The third kappa shape index (κ3) is 36.1. The van der Waals surface area contributed by atoms with E-state index in [4.69, 9.17) is 0 Å². The van der Waals surface area contributed by atoms with Gasteiger partial charge < -0.3 is 5.32 Å². The minimum Gasteiger partial charge on any atom is -0.320 e. The van der Waals surface area contributed by atoms with Crippen molar-refractivity contribution in [2.75, 3.05) is 25.6 Å². The standard InChI is InChI=1S/C5H12OS.C5H10.C4H10.C3H9N/c1-4-5-7(2,3)6;1-5-3-2-4-5;2*1-3-4-2/h2,4-5H2,1,3H3;5H,2-4H2,1H3;3-4H2,1-2H3;4H,3H2,1-2H3. The van der Waals surface area contributed by atoms with Crippen LogP contribution < -0.4 is 5.32 Å². The van der Waals surface area contributed by atoms with E-state index < -0.39 is 9.52 Å². The zero-order valence-electron chi connectivity index (χ0n) is 15.3. The molecule has 126 valence electrons. The van der Waals surface area contributed by atoms with Crippen molar-refractivity contribution in [3.8, 4) is 0 Å². The molecule has 0 aromatic rings. The second kappa shape index (κ2) is 19.0. The monoisotopic (exact) mass is 307 g/mol. The molecule has 1 saturated carbocycles. The highest BCUT2D eigenvalue weighted by molar-refractivity contribution is 7.99. The zero-order valence-corrected chi connectivity index (χ0v) is 16.1. The van der Waals surface area contributed by atoms with Crippen molar-refractivity contribution in [2.24, 2.45) is 5.92 Å². The molecule has 0 saturated heterocycles. The third-order valence-corrected chi connectivity index (χ3v) is 4.16. The zero-order chi connectivity index (χ0) is 16.4. The van der Waals surface area contributed by atoms with Crippen LogP contribution >= 0.6 is 0 Å². The van der Waals surface area contributed by atoms with E-state index in [1.807, 2.05) is 14.0 Å². The van der Waals surface area contributed by atoms with Gasteiger partial charge in [-0.25, -0.2) is 0 Å². The van der Waals surface area contributed by atoms with E-state index in [-0.39, 0.29) is 0 Å². The molecule has 1 atom stereocenters. The summed E-state index contributed by atoms with van der Waals surface area (Å²) in [7, 11) is 0.256. The summed E-state index contributed by atoms with van der Waals surface area (Å²) >= 11 is 0. The first-order chi connectivity index (χ1) is 9.28. The predicted octanol–water partition coefficient (Wildman–Crippen LogP) is 4.58. The largest absolute Gasteiger partial charge is 0.320 e. The van der Waals surface area contributed by atoms with Crippen LogP contribution in [-0.4, -0.2) is 35.7 Å². The molecule has 1 rings (SSSR count). The van der Waals surface area contributed by atoms with E-state index in [0.29, 0.717) is 0 Å². The van der Waals surface area contributed by atoms with Crippen molar-refractivity contribution < 1.29 is 4.21 Å². The molecule has 1 N–H and O–H groups in total. The Bertz CT molecular complexity index is 236. The molecule has 0 heterocycles. The molecule has 0 aromatic carbocycles. The summed E-state index contributed by atoms with van der Waals surface area (Å²) in [6, 6.07) is 0. The summed E-state index contributed by atoms with van der Waals surface area (Å²) in [5, 5.41) is 2.93. The Hall–Kier alpha value is -0.0200. The van der Waals surface area contributed by atoms with Gasteiger partial charge in [0.1, 0.15) is 0 Å². The molecule has 1 unspecified atom stereocenters. The molecule has 0 amide bonds. The molecule has 1 aliphatic rings. The van der Waals surface area contributed by atoms with Crippen molar-refractivity contribution in [3.05, 3.63) is 0 Å². The van der Waals surface area contributed by atoms with Crippen LogP contribution in [0.15, 0.2) is 0 Å². The molecule has 2 nitrogen and oxygen atoms in total. The second-order valence-electron chi connectivity index (χ2n) is 5.63. The average Bonchev–Trinajstić information content (AvgIpc) is 2.36. The second-order valence-corrected chi connectivity index (χ2v) is 8.41. The van der Waals surface area contributed by atoms with E-state index in [9.17, 15) is 4.21 Å². The number of rotatable bonds is 4. The molecule has 3 heteroatoms. The minimum absolute atomic E-state index is 0.757. The molecule has 0 radical (unpaired) electrons. The topological polar surface area (TPSA) is 29.1 Å². The summed E-state index contributed by atoms with van der Waals surface area (Å²) in [5.74, 6) is 5.31. The highest BCUT2D eigenvalue weighted by Crippen LogP contribution is 2.24. The van der Waals surface area contributed by atoms with Gasteiger partial charge in [0.25, 0.3) is 0 Å². The van der Waals surface area contributed by atoms with Crippen molar-refractivity contribution in [1.29, 1.82) is 0 Å². The van der Waals surface area contributed by atoms with Gasteiger partial charge in [0.05, 0.1) is 0 Å². The molecule has 0 spiro atoms. The van der Waals surface area contributed by atoms with Crippen LogP contribution in [-0.2, 0) is 9.52 Å². The fourth-order valence-electron chi connectivity index (χ4n) is 1.04. The van der Waals surface area contributed by atoms with E-state index in [1.54, 1.807) is 6.26 Å². The molecule has 1 fully saturated rings. The SMILES string of the molecule is C=S(C)(=O)CCC.CC1CCC1.CCCC.CCNC. The van der Waals surface area contributed by atoms with Crippen LogP contribution in [0.2, 0.25) is 0 Å². The molecule has 1 aliphatic carbocycles. The van der Waals surface area contributed by atoms with Crippen LogP contribution in [0, 0.1) is 5.92 Å². The van der Waals surface area contributed by atoms with Crippen molar-refractivity contribution in [1.82, 2.24) is 5.32 Å². The lowest BCUT2D eigenvalue weighted by atomic mass is 9.88. The highest BCUT2D eigenvalue weighted by atomic mass is 32.2. The lowest BCUT2D eigenvalue weighted by molar-refractivity contribution is 0.346. The Morgan fingerprint density at radius 2 is 1.45 bits per heavy atom. The van der Waals surface area contributed by atoms with Gasteiger partial charge in [-0.2, -0.15) is 0 Å². The Labute approximate surface area is 130 Å². The molecule has 0 bridgehead atoms. The molecule has 0 aromatic heterocycles. The Morgan fingerprint density at radius 3 is 1.45 bits per heavy atom. The van der Waals surface area contributed by atoms with Crippen molar-refractivity contribution in [3.63, 3.8) is 0 Å². The van der Waals surface area contributed by atoms with Crippen LogP contribution in [0.25, 0.3) is 0 Å². The third-order valence-electron chi connectivity index (χ3n) is 2.88. The van der Waals surface area contributed by atoms with E-state index >= 15 is 0 Å². The van der Waals surface area contributed by atoms with Gasteiger partial charge in [0.2, 0.25) is 0 Å². The van der Waals surface area contributed by atoms with Crippen molar-refractivity contribution >= 4 is 15.4 Å². The first-order valence-electron chi connectivity index (χ1n) is 8.23. The maximum atomic E-state index is 10.7. The fourth-order valence-corrected chi connectivity index (χ4v) is 1.91. The normalized spacial score (nSPS) is 15.9. The quantitative estimate of drug-likeness (QED) is 0.770. The van der Waals surface area contributed by atoms with Crippen LogP contribution in [0.5, 0.6) is 0 Å². The van der Waals surface area contributed by atoms with Crippen LogP contribution in [0.3, 0.4) is 0 Å². The molecule has 20 heavy (non-hydrogen) atoms. The minimum atomic E-state index is -1.67. The number of unbranched alkanes of at least 4 members (excludes halogenated alkanes) is 1. The summed E-state index contributed by atoms with van der Waals surface area (Å²) in [5.41, 5.74) is 0. The molecular formula is C17H41NOS. The van der Waals surface area contributed by atoms with Gasteiger partial charge in [0.15, 0.2) is 0 Å². The number of hydrogen-bond donors (Lipinski definition) is 1. The van der Waals surface area contributed by atoms with E-state index in [1.165, 1.54) is 32.1 Å². The predicted molar refractivity (Wildman–Crippen MR) is 99.5 cm³/mol. The first-order valence-corrected chi connectivity index (χ1v) is 10.5. The van der Waals surface area contributed by atoms with Crippen LogP contribution in [0.1, 0.15) is 73.1 Å². The van der Waals surface area contributed by atoms with Gasteiger partial charge in [0, 0.05) is 12.0 Å².